The third-order valence-electron chi connectivity index (χ3n) is 2.37. The lowest BCUT2D eigenvalue weighted by Gasteiger charge is -2.06. The van der Waals surface area contributed by atoms with Gasteiger partial charge in [-0.25, -0.2) is 8.78 Å². The Morgan fingerprint density at radius 2 is 1.53 bits per heavy atom. The van der Waals surface area contributed by atoms with E-state index in [-0.39, 0.29) is 0 Å². The predicted octanol–water partition coefficient (Wildman–Crippen LogP) is 3.21. The standard InChI is InChI=1S/C11H4F4N2O2/c12-8-7(9(13)11(15)16-10(8)14)5-3-1-2-4-6(5)17(18)19/h1-4H. The Balaban J connectivity index is 2.83. The summed E-state index contributed by atoms with van der Waals surface area (Å²) in [5, 5.41) is 10.7. The number of halogens is 4. The molecule has 0 aliphatic carbocycles. The van der Waals surface area contributed by atoms with Crippen molar-refractivity contribution < 1.29 is 22.5 Å². The van der Waals surface area contributed by atoms with Crippen molar-refractivity contribution >= 4 is 5.69 Å². The molecular formula is C11H4F4N2O2. The largest absolute Gasteiger partial charge is 0.277 e. The van der Waals surface area contributed by atoms with Gasteiger partial charge in [0.2, 0.25) is 0 Å². The molecule has 1 aromatic heterocycles. The number of aromatic nitrogens is 1. The van der Waals surface area contributed by atoms with Crippen molar-refractivity contribution in [3.8, 4) is 11.1 Å². The van der Waals surface area contributed by atoms with E-state index in [1.807, 2.05) is 0 Å². The summed E-state index contributed by atoms with van der Waals surface area (Å²) in [4.78, 5) is 12.2. The Kier molecular flexibility index (Phi) is 3.16. The van der Waals surface area contributed by atoms with Crippen LogP contribution in [0.1, 0.15) is 0 Å². The molecule has 0 atom stereocenters. The third kappa shape index (κ3) is 2.12. The second-order valence-corrected chi connectivity index (χ2v) is 3.47. The van der Waals surface area contributed by atoms with Crippen LogP contribution in [0.5, 0.6) is 0 Å². The second kappa shape index (κ2) is 4.63. The number of benzene rings is 1. The molecule has 0 N–H and O–H groups in total. The summed E-state index contributed by atoms with van der Waals surface area (Å²) >= 11 is 0. The zero-order valence-corrected chi connectivity index (χ0v) is 9.03. The Labute approximate surface area is 103 Å². The molecule has 0 spiro atoms. The first-order valence-electron chi connectivity index (χ1n) is 4.87. The van der Waals surface area contributed by atoms with Crippen LogP contribution in [0.2, 0.25) is 0 Å². The first-order valence-corrected chi connectivity index (χ1v) is 4.87. The molecule has 4 nitrogen and oxygen atoms in total. The van der Waals surface area contributed by atoms with Crippen molar-refractivity contribution in [2.75, 3.05) is 0 Å². The molecule has 0 fully saturated rings. The Hall–Kier alpha value is -2.51. The average Bonchev–Trinajstić information content (AvgIpc) is 2.37. The predicted molar refractivity (Wildman–Crippen MR) is 56.2 cm³/mol. The summed E-state index contributed by atoms with van der Waals surface area (Å²) in [5.74, 6) is -7.31. The number of pyridine rings is 1. The highest BCUT2D eigenvalue weighted by atomic mass is 19.2. The maximum Gasteiger partial charge on any atom is 0.277 e. The SMILES string of the molecule is O=[N+]([O-])c1ccccc1-c1c(F)c(F)nc(F)c1F. The monoisotopic (exact) mass is 272 g/mol. The molecule has 0 aliphatic rings. The van der Waals surface area contributed by atoms with Crippen molar-refractivity contribution in [3.63, 3.8) is 0 Å². The van der Waals surface area contributed by atoms with Crippen LogP contribution in [0.3, 0.4) is 0 Å². The van der Waals surface area contributed by atoms with E-state index in [4.69, 9.17) is 0 Å². The van der Waals surface area contributed by atoms with Crippen LogP contribution < -0.4 is 0 Å². The van der Waals surface area contributed by atoms with E-state index in [1.165, 1.54) is 12.1 Å². The number of rotatable bonds is 2. The first kappa shape index (κ1) is 12.9. The Morgan fingerprint density at radius 3 is 2.05 bits per heavy atom. The van der Waals surface area contributed by atoms with Gasteiger partial charge in [-0.3, -0.25) is 10.1 Å². The number of nitro benzene ring substituents is 1. The summed E-state index contributed by atoms with van der Waals surface area (Å²) in [6.45, 7) is 0. The van der Waals surface area contributed by atoms with E-state index in [0.717, 1.165) is 12.1 Å². The van der Waals surface area contributed by atoms with Gasteiger partial charge < -0.3 is 0 Å². The zero-order chi connectivity index (χ0) is 14.2. The van der Waals surface area contributed by atoms with Crippen LogP contribution in [-0.4, -0.2) is 9.91 Å². The molecule has 2 aromatic rings. The molecule has 0 saturated heterocycles. The minimum Gasteiger partial charge on any atom is -0.258 e. The van der Waals surface area contributed by atoms with Gasteiger partial charge in [0, 0.05) is 6.07 Å². The lowest BCUT2D eigenvalue weighted by atomic mass is 10.0. The topological polar surface area (TPSA) is 56.0 Å². The van der Waals surface area contributed by atoms with Gasteiger partial charge in [-0.15, -0.1) is 0 Å². The molecule has 2 rings (SSSR count). The number of nitrogens with zero attached hydrogens (tertiary/aromatic N) is 2. The number of nitro groups is 1. The molecular weight excluding hydrogens is 268 g/mol. The lowest BCUT2D eigenvalue weighted by Crippen LogP contribution is -2.04. The van der Waals surface area contributed by atoms with E-state index in [2.05, 4.69) is 4.98 Å². The molecule has 0 aliphatic heterocycles. The smallest absolute Gasteiger partial charge is 0.258 e. The third-order valence-corrected chi connectivity index (χ3v) is 2.37. The molecule has 0 radical (unpaired) electrons. The molecule has 98 valence electrons. The van der Waals surface area contributed by atoms with Gasteiger partial charge in [-0.2, -0.15) is 13.8 Å². The molecule has 0 saturated carbocycles. The molecule has 1 aromatic carbocycles. The summed E-state index contributed by atoms with van der Waals surface area (Å²) in [6, 6.07) is 4.45. The molecule has 8 heteroatoms. The normalized spacial score (nSPS) is 10.5. The summed E-state index contributed by atoms with van der Waals surface area (Å²) in [7, 11) is 0. The minimum absolute atomic E-state index is 0.567. The number of hydrogen-bond acceptors (Lipinski definition) is 3. The second-order valence-electron chi connectivity index (χ2n) is 3.47. The van der Waals surface area contributed by atoms with Crippen molar-refractivity contribution in [2.24, 2.45) is 0 Å². The molecule has 0 unspecified atom stereocenters. The molecule has 1 heterocycles. The van der Waals surface area contributed by atoms with Gasteiger partial charge in [-0.05, 0) is 6.07 Å². The van der Waals surface area contributed by atoms with Crippen molar-refractivity contribution in [1.29, 1.82) is 0 Å². The van der Waals surface area contributed by atoms with Crippen LogP contribution in [0, 0.1) is 33.6 Å². The van der Waals surface area contributed by atoms with E-state index in [0.29, 0.717) is 0 Å². The fourth-order valence-electron chi connectivity index (χ4n) is 1.57. The average molecular weight is 272 g/mol. The van der Waals surface area contributed by atoms with E-state index >= 15 is 0 Å². The Bertz CT molecular complexity index is 650. The number of hydrogen-bond donors (Lipinski definition) is 0. The highest BCUT2D eigenvalue weighted by molar-refractivity contribution is 5.74. The molecule has 19 heavy (non-hydrogen) atoms. The van der Waals surface area contributed by atoms with Gasteiger partial charge in [0.05, 0.1) is 16.1 Å². The summed E-state index contributed by atoms with van der Waals surface area (Å²) < 4.78 is 53.0. The first-order chi connectivity index (χ1) is 8.93. The summed E-state index contributed by atoms with van der Waals surface area (Å²) in [5.41, 5.74) is -2.40. The molecule has 0 amide bonds. The maximum absolute atomic E-state index is 13.5. The van der Waals surface area contributed by atoms with Crippen LogP contribution in [0.25, 0.3) is 11.1 Å². The highest BCUT2D eigenvalue weighted by Crippen LogP contribution is 2.34. The summed E-state index contributed by atoms with van der Waals surface area (Å²) in [6.07, 6.45) is 0. The van der Waals surface area contributed by atoms with Crippen LogP contribution >= 0.6 is 0 Å². The number of para-hydroxylation sites is 1. The molecule has 0 bridgehead atoms. The van der Waals surface area contributed by atoms with Gasteiger partial charge in [-0.1, -0.05) is 12.1 Å². The van der Waals surface area contributed by atoms with Gasteiger partial charge in [0.1, 0.15) is 0 Å². The van der Waals surface area contributed by atoms with E-state index in [9.17, 15) is 27.7 Å². The Morgan fingerprint density at radius 1 is 1.00 bits per heavy atom. The van der Waals surface area contributed by atoms with Gasteiger partial charge in [0.15, 0.2) is 11.6 Å². The van der Waals surface area contributed by atoms with E-state index < -0.39 is 45.3 Å². The van der Waals surface area contributed by atoms with Crippen molar-refractivity contribution in [2.45, 2.75) is 0 Å². The van der Waals surface area contributed by atoms with Gasteiger partial charge >= 0.3 is 0 Å². The van der Waals surface area contributed by atoms with Crippen molar-refractivity contribution in [3.05, 3.63) is 57.9 Å². The van der Waals surface area contributed by atoms with E-state index in [1.54, 1.807) is 0 Å². The van der Waals surface area contributed by atoms with Gasteiger partial charge in [0.25, 0.3) is 17.6 Å². The quantitative estimate of drug-likeness (QED) is 0.365. The van der Waals surface area contributed by atoms with Crippen LogP contribution in [0.15, 0.2) is 24.3 Å². The highest BCUT2D eigenvalue weighted by Gasteiger charge is 2.26. The fraction of sp³-hybridized carbons (Fsp3) is 0. The maximum atomic E-state index is 13.5. The van der Waals surface area contributed by atoms with Crippen molar-refractivity contribution in [1.82, 2.24) is 4.98 Å². The zero-order valence-electron chi connectivity index (χ0n) is 9.03. The van der Waals surface area contributed by atoms with Crippen LogP contribution in [-0.2, 0) is 0 Å². The lowest BCUT2D eigenvalue weighted by molar-refractivity contribution is -0.384. The minimum atomic E-state index is -1.87. The fourth-order valence-corrected chi connectivity index (χ4v) is 1.57. The van der Waals surface area contributed by atoms with Crippen LogP contribution in [0.4, 0.5) is 23.2 Å².